The van der Waals surface area contributed by atoms with E-state index in [9.17, 15) is 23.6 Å². The number of aliphatic hydroxyl groups is 1. The number of nitrogens with zero attached hydrogens (tertiary/aromatic N) is 2. The number of benzene rings is 2. The molecule has 1 aromatic heterocycles. The summed E-state index contributed by atoms with van der Waals surface area (Å²) >= 11 is 0. The molecule has 0 aliphatic carbocycles. The minimum Gasteiger partial charge on any atom is -0.491 e. The largest absolute Gasteiger partial charge is 0.491 e. The van der Waals surface area contributed by atoms with Crippen LogP contribution in [0.1, 0.15) is 13.8 Å². The molecule has 0 spiro atoms. The van der Waals surface area contributed by atoms with Gasteiger partial charge in [0, 0.05) is 42.3 Å². The third-order valence-corrected chi connectivity index (χ3v) is 6.48. The van der Waals surface area contributed by atoms with Gasteiger partial charge in [0.15, 0.2) is 0 Å². The number of H-pyrrole nitrogens is 1. The number of nitro groups is 1. The fraction of sp³-hybridized carbons (Fsp3) is 0.333. The standard InChI is InChI=1S/C21H25N3O6S/c1-15(2)12-23(31(28,29)20-6-3-17(4-7-20)24(26)27)13-18(25)14-30-19-5-8-21-16(11-19)9-10-22-21/h3-11,15,18,22,25H,12-14H2,1-2H3/t18-/m1/s1. The lowest BCUT2D eigenvalue weighted by molar-refractivity contribution is -0.384. The van der Waals surface area contributed by atoms with Gasteiger partial charge in [0.1, 0.15) is 18.5 Å². The van der Waals surface area contributed by atoms with Crippen LogP contribution in [0.25, 0.3) is 10.9 Å². The number of nitro benzene ring substituents is 1. The van der Waals surface area contributed by atoms with Crippen LogP contribution in [-0.4, -0.2) is 53.5 Å². The number of aromatic nitrogens is 1. The molecule has 0 radical (unpaired) electrons. The highest BCUT2D eigenvalue weighted by Crippen LogP contribution is 2.22. The molecular weight excluding hydrogens is 422 g/mol. The number of hydrogen-bond acceptors (Lipinski definition) is 6. The number of aromatic amines is 1. The number of rotatable bonds is 10. The van der Waals surface area contributed by atoms with Crippen molar-refractivity contribution < 1.29 is 23.2 Å². The van der Waals surface area contributed by atoms with Crippen molar-refractivity contribution in [2.24, 2.45) is 5.92 Å². The molecule has 0 aliphatic rings. The molecule has 31 heavy (non-hydrogen) atoms. The van der Waals surface area contributed by atoms with Crippen LogP contribution >= 0.6 is 0 Å². The Bertz CT molecular complexity index is 1140. The number of ether oxygens (including phenoxy) is 1. The molecule has 2 aromatic carbocycles. The summed E-state index contributed by atoms with van der Waals surface area (Å²) < 4.78 is 33.0. The highest BCUT2D eigenvalue weighted by molar-refractivity contribution is 7.89. The Balaban J connectivity index is 1.70. The van der Waals surface area contributed by atoms with Crippen molar-refractivity contribution in [3.8, 4) is 5.75 Å². The summed E-state index contributed by atoms with van der Waals surface area (Å²) in [7, 11) is -3.95. The molecule has 1 atom stereocenters. The quantitative estimate of drug-likeness (QED) is 0.363. The van der Waals surface area contributed by atoms with E-state index in [4.69, 9.17) is 4.74 Å². The Kier molecular flexibility index (Phi) is 6.94. The first-order valence-corrected chi connectivity index (χ1v) is 11.2. The number of aliphatic hydroxyl groups excluding tert-OH is 1. The van der Waals surface area contributed by atoms with Crippen LogP contribution in [0.5, 0.6) is 5.75 Å². The monoisotopic (exact) mass is 447 g/mol. The number of nitrogens with one attached hydrogen (secondary N) is 1. The van der Waals surface area contributed by atoms with E-state index in [-0.39, 0.29) is 36.2 Å². The molecule has 3 rings (SSSR count). The molecule has 0 amide bonds. The van der Waals surface area contributed by atoms with Crippen molar-refractivity contribution in [3.05, 3.63) is 64.8 Å². The van der Waals surface area contributed by atoms with Crippen molar-refractivity contribution in [2.45, 2.75) is 24.8 Å². The minimum atomic E-state index is -3.95. The first-order valence-electron chi connectivity index (χ1n) is 9.79. The summed E-state index contributed by atoms with van der Waals surface area (Å²) in [5.74, 6) is 0.580. The van der Waals surface area contributed by atoms with Gasteiger partial charge in [-0.05, 0) is 42.3 Å². The Morgan fingerprint density at radius 3 is 2.48 bits per heavy atom. The van der Waals surface area contributed by atoms with E-state index in [1.807, 2.05) is 38.2 Å². The number of fused-ring (bicyclic) bond motifs is 1. The van der Waals surface area contributed by atoms with E-state index >= 15 is 0 Å². The molecule has 0 unspecified atom stereocenters. The molecule has 0 saturated heterocycles. The second kappa shape index (κ2) is 9.46. The molecule has 3 aromatic rings. The normalized spacial score (nSPS) is 13.1. The van der Waals surface area contributed by atoms with Gasteiger partial charge in [0.05, 0.1) is 9.82 Å². The average molecular weight is 448 g/mol. The van der Waals surface area contributed by atoms with Crippen molar-refractivity contribution in [1.82, 2.24) is 9.29 Å². The lowest BCUT2D eigenvalue weighted by Crippen LogP contribution is -2.41. The Morgan fingerprint density at radius 1 is 1.13 bits per heavy atom. The smallest absolute Gasteiger partial charge is 0.269 e. The third kappa shape index (κ3) is 5.60. The SMILES string of the molecule is CC(C)CN(C[C@@H](O)COc1ccc2[nH]ccc2c1)S(=O)(=O)c1ccc([N+](=O)[O-])cc1. The van der Waals surface area contributed by atoms with E-state index in [1.54, 1.807) is 6.07 Å². The Hall–Kier alpha value is -2.95. The Labute approximate surface area is 180 Å². The van der Waals surface area contributed by atoms with Gasteiger partial charge in [0.2, 0.25) is 10.0 Å². The zero-order chi connectivity index (χ0) is 22.6. The van der Waals surface area contributed by atoms with Crippen molar-refractivity contribution in [3.63, 3.8) is 0 Å². The number of hydrogen-bond donors (Lipinski definition) is 2. The number of non-ortho nitro benzene ring substituents is 1. The average Bonchev–Trinajstić information content (AvgIpc) is 3.19. The summed E-state index contributed by atoms with van der Waals surface area (Å²) in [5, 5.41) is 22.3. The van der Waals surface area contributed by atoms with Crippen LogP contribution in [-0.2, 0) is 10.0 Å². The summed E-state index contributed by atoms with van der Waals surface area (Å²) in [6, 6.07) is 12.1. The summed E-state index contributed by atoms with van der Waals surface area (Å²) in [4.78, 5) is 13.3. The van der Waals surface area contributed by atoms with Gasteiger partial charge in [-0.15, -0.1) is 0 Å². The zero-order valence-corrected chi connectivity index (χ0v) is 18.1. The molecule has 2 N–H and O–H groups in total. The van der Waals surface area contributed by atoms with Gasteiger partial charge in [-0.1, -0.05) is 13.8 Å². The maximum atomic E-state index is 13.1. The van der Waals surface area contributed by atoms with Crippen molar-refractivity contribution in [1.29, 1.82) is 0 Å². The van der Waals surface area contributed by atoms with E-state index in [0.29, 0.717) is 5.75 Å². The van der Waals surface area contributed by atoms with Gasteiger partial charge in [-0.3, -0.25) is 10.1 Å². The van der Waals surface area contributed by atoms with Gasteiger partial charge >= 0.3 is 0 Å². The maximum absolute atomic E-state index is 13.1. The lowest BCUT2D eigenvalue weighted by atomic mass is 10.2. The fourth-order valence-corrected chi connectivity index (χ4v) is 4.81. The molecule has 166 valence electrons. The lowest BCUT2D eigenvalue weighted by Gasteiger charge is -2.26. The fourth-order valence-electron chi connectivity index (χ4n) is 3.17. The summed E-state index contributed by atoms with van der Waals surface area (Å²) in [5.41, 5.74) is 0.771. The first kappa shape index (κ1) is 22.7. The number of sulfonamides is 1. The van der Waals surface area contributed by atoms with Crippen LogP contribution in [0.15, 0.2) is 59.6 Å². The van der Waals surface area contributed by atoms with Gasteiger partial charge < -0.3 is 14.8 Å². The predicted octanol–water partition coefficient (Wildman–Crippen LogP) is 3.16. The second-order valence-electron chi connectivity index (χ2n) is 7.66. The molecule has 0 fully saturated rings. The van der Waals surface area contributed by atoms with Crippen LogP contribution in [0.3, 0.4) is 0 Å². The van der Waals surface area contributed by atoms with Crippen LogP contribution < -0.4 is 4.74 Å². The van der Waals surface area contributed by atoms with Crippen molar-refractivity contribution >= 4 is 26.6 Å². The Morgan fingerprint density at radius 2 is 1.84 bits per heavy atom. The third-order valence-electron chi connectivity index (χ3n) is 4.64. The second-order valence-corrected chi connectivity index (χ2v) is 9.60. The van der Waals surface area contributed by atoms with E-state index < -0.39 is 21.1 Å². The minimum absolute atomic E-state index is 0.0111. The van der Waals surface area contributed by atoms with Crippen LogP contribution in [0, 0.1) is 16.0 Å². The van der Waals surface area contributed by atoms with Gasteiger partial charge in [-0.25, -0.2) is 8.42 Å². The first-order chi connectivity index (χ1) is 14.7. The predicted molar refractivity (Wildman–Crippen MR) is 116 cm³/mol. The summed E-state index contributed by atoms with van der Waals surface area (Å²) in [6.07, 6.45) is 0.754. The molecule has 1 heterocycles. The molecule has 0 aliphatic heterocycles. The van der Waals surface area contributed by atoms with Gasteiger partial charge in [0.25, 0.3) is 5.69 Å². The van der Waals surface area contributed by atoms with Crippen molar-refractivity contribution in [2.75, 3.05) is 19.7 Å². The molecule has 0 saturated carbocycles. The van der Waals surface area contributed by atoms with E-state index in [2.05, 4.69) is 4.98 Å². The van der Waals surface area contributed by atoms with Gasteiger partial charge in [-0.2, -0.15) is 4.31 Å². The molecular formula is C21H25N3O6S. The van der Waals surface area contributed by atoms with Crippen LogP contribution in [0.4, 0.5) is 5.69 Å². The molecule has 10 heteroatoms. The summed E-state index contributed by atoms with van der Waals surface area (Å²) in [6.45, 7) is 3.68. The zero-order valence-electron chi connectivity index (χ0n) is 17.3. The molecule has 0 bridgehead atoms. The van der Waals surface area contributed by atoms with E-state index in [1.165, 1.54) is 16.4 Å². The van der Waals surface area contributed by atoms with E-state index in [0.717, 1.165) is 23.0 Å². The highest BCUT2D eigenvalue weighted by atomic mass is 32.2. The molecule has 9 nitrogen and oxygen atoms in total. The maximum Gasteiger partial charge on any atom is 0.269 e. The highest BCUT2D eigenvalue weighted by Gasteiger charge is 2.28. The topological polar surface area (TPSA) is 126 Å². The van der Waals surface area contributed by atoms with Crippen LogP contribution in [0.2, 0.25) is 0 Å².